The number of hydrogen-bond donors (Lipinski definition) is 0. The minimum atomic E-state index is -0.0845. The maximum atomic E-state index is 7.10. The van der Waals surface area contributed by atoms with E-state index in [1.165, 1.54) is 87.3 Å². The van der Waals surface area contributed by atoms with Gasteiger partial charge >= 0.3 is 0 Å². The summed E-state index contributed by atoms with van der Waals surface area (Å²) in [6.45, 7) is 18.0. The van der Waals surface area contributed by atoms with Gasteiger partial charge in [-0.1, -0.05) is 175 Å². The summed E-state index contributed by atoms with van der Waals surface area (Å²) in [5.41, 5.74) is 21.9. The van der Waals surface area contributed by atoms with Gasteiger partial charge in [0.15, 0.2) is 11.2 Å². The number of fused-ring (bicyclic) bond motifs is 18. The predicted octanol–water partition coefficient (Wildman–Crippen LogP) is 21.9. The lowest BCUT2D eigenvalue weighted by atomic mass is 9.86. The molecule has 0 saturated heterocycles. The van der Waals surface area contributed by atoms with Crippen LogP contribution in [0.5, 0.6) is 0 Å². The Morgan fingerprint density at radius 1 is 0.293 bits per heavy atom. The molecule has 6 heterocycles. The van der Waals surface area contributed by atoms with Gasteiger partial charge in [-0.05, 0) is 109 Å². The second kappa shape index (κ2) is 16.4. The fourth-order valence-electron chi connectivity index (χ4n) is 14.3. The first-order valence-corrected chi connectivity index (χ1v) is 28.7. The zero-order chi connectivity index (χ0) is 55.2. The number of anilines is 6. The Labute approximate surface area is 473 Å². The second-order valence-corrected chi connectivity index (χ2v) is 25.0. The van der Waals surface area contributed by atoms with E-state index < -0.39 is 0 Å². The van der Waals surface area contributed by atoms with Gasteiger partial charge in [0.2, 0.25) is 0 Å². The smallest absolute Gasteiger partial charge is 0.159 e. The highest BCUT2D eigenvalue weighted by molar-refractivity contribution is 6.29. The van der Waals surface area contributed by atoms with Crippen LogP contribution in [0.15, 0.2) is 215 Å². The largest absolute Gasteiger partial charge is 0.454 e. The van der Waals surface area contributed by atoms with Gasteiger partial charge in [-0.15, -0.1) is 0 Å². The Hall–Kier alpha value is -9.78. The van der Waals surface area contributed by atoms with E-state index in [-0.39, 0.29) is 10.8 Å². The van der Waals surface area contributed by atoms with E-state index >= 15 is 0 Å². The van der Waals surface area contributed by atoms with Gasteiger partial charge in [-0.2, -0.15) is 0 Å². The van der Waals surface area contributed by atoms with Crippen LogP contribution in [0.1, 0.15) is 63.8 Å². The van der Waals surface area contributed by atoms with Crippen molar-refractivity contribution >= 4 is 154 Å². The van der Waals surface area contributed by atoms with Crippen LogP contribution < -0.4 is 9.80 Å². The maximum absolute atomic E-state index is 7.10. The lowest BCUT2D eigenvalue weighted by Crippen LogP contribution is -2.11. The van der Waals surface area contributed by atoms with Gasteiger partial charge < -0.3 is 27.4 Å². The molecule has 0 radical (unpaired) electrons. The molecule has 6 aromatic heterocycles. The maximum Gasteiger partial charge on any atom is 0.159 e. The molecule has 11 aromatic carbocycles. The van der Waals surface area contributed by atoms with Gasteiger partial charge in [-0.3, -0.25) is 0 Å². The summed E-state index contributed by atoms with van der Waals surface area (Å²) >= 11 is 0. The summed E-state index contributed by atoms with van der Waals surface area (Å²) in [7, 11) is 0. The molecule has 0 aliphatic heterocycles. The Balaban J connectivity index is 0.851. The molecule has 0 unspecified atom stereocenters. The molecule has 0 fully saturated rings. The first-order valence-electron chi connectivity index (χ1n) is 28.7. The number of benzene rings is 11. The average molecular weight is 1060 g/mol. The van der Waals surface area contributed by atoms with Crippen molar-refractivity contribution in [1.82, 2.24) is 8.80 Å². The fraction of sp³-hybridized carbons (Fsp3) is 0.132. The van der Waals surface area contributed by atoms with Crippen LogP contribution in [0.3, 0.4) is 0 Å². The first kappa shape index (κ1) is 47.1. The molecule has 0 aliphatic rings. The molecule has 0 spiro atoms. The van der Waals surface area contributed by atoms with Crippen molar-refractivity contribution in [2.45, 2.75) is 66.2 Å². The molecule has 0 amide bonds. The molecule has 0 N–H and O–H groups in total. The predicted molar refractivity (Wildman–Crippen MR) is 347 cm³/mol. The monoisotopic (exact) mass is 1060 g/mol. The quantitative estimate of drug-likeness (QED) is 0.166. The summed E-state index contributed by atoms with van der Waals surface area (Å²) in [5, 5.41) is 14.4. The first-order chi connectivity index (χ1) is 39.8. The van der Waals surface area contributed by atoms with Crippen molar-refractivity contribution in [1.29, 1.82) is 0 Å². The summed E-state index contributed by atoms with van der Waals surface area (Å²) in [6.07, 6.45) is 0. The van der Waals surface area contributed by atoms with Crippen molar-refractivity contribution in [3.63, 3.8) is 0 Å². The van der Waals surface area contributed by atoms with E-state index in [2.05, 4.69) is 280 Å². The van der Waals surface area contributed by atoms with Crippen molar-refractivity contribution < 1.29 is 8.83 Å². The zero-order valence-electron chi connectivity index (χ0n) is 47.2. The van der Waals surface area contributed by atoms with E-state index in [4.69, 9.17) is 8.83 Å². The molecule has 394 valence electrons. The molecular formula is C76H58N4O2. The van der Waals surface area contributed by atoms with Crippen molar-refractivity contribution in [3.8, 4) is 0 Å². The fourth-order valence-corrected chi connectivity index (χ4v) is 14.3. The van der Waals surface area contributed by atoms with Crippen LogP contribution >= 0.6 is 0 Å². The second-order valence-electron chi connectivity index (χ2n) is 25.0. The minimum absolute atomic E-state index is 0.0845. The Morgan fingerprint density at radius 3 is 1.04 bits per heavy atom. The molecule has 0 aliphatic carbocycles. The van der Waals surface area contributed by atoms with Crippen LogP contribution in [0.2, 0.25) is 0 Å². The molecule has 6 heteroatoms. The third-order valence-corrected chi connectivity index (χ3v) is 18.0. The SMILES string of the molecule is Cc1ccc2c(oc3c(C(C)(C)C)cccc32)c1N(c1ccccc1)c1ccc2c(c1)c1cccc3c4cc5c(cc4n2c13)c1cccc2c3cc(N(c4ccccc4)c4c(C)ccc6c4oc4c(C(C)(C)C)cccc46)ccc3n5c21. The number of hydrogen-bond acceptors (Lipinski definition) is 4. The molecule has 0 bridgehead atoms. The highest BCUT2D eigenvalue weighted by Gasteiger charge is 2.30. The van der Waals surface area contributed by atoms with Gasteiger partial charge in [0.05, 0.1) is 44.5 Å². The molecule has 6 nitrogen and oxygen atoms in total. The normalized spacial score (nSPS) is 12.9. The highest BCUT2D eigenvalue weighted by Crippen LogP contribution is 2.51. The van der Waals surface area contributed by atoms with E-state index in [1.807, 2.05) is 0 Å². The molecule has 0 atom stereocenters. The summed E-state index contributed by atoms with van der Waals surface area (Å²) in [4.78, 5) is 4.81. The lowest BCUT2D eigenvalue weighted by Gasteiger charge is -2.27. The number of aryl methyl sites for hydroxylation is 2. The summed E-state index contributed by atoms with van der Waals surface area (Å²) in [5.74, 6) is 0. The van der Waals surface area contributed by atoms with E-state index in [9.17, 15) is 0 Å². The molecule has 17 aromatic rings. The van der Waals surface area contributed by atoms with Gasteiger partial charge in [0, 0.05) is 98.5 Å². The summed E-state index contributed by atoms with van der Waals surface area (Å²) < 4.78 is 19.3. The third-order valence-electron chi connectivity index (χ3n) is 18.0. The molecule has 0 saturated carbocycles. The zero-order valence-corrected chi connectivity index (χ0v) is 47.2. The van der Waals surface area contributed by atoms with Crippen molar-refractivity contribution in [3.05, 3.63) is 229 Å². The van der Waals surface area contributed by atoms with Gasteiger partial charge in [-0.25, -0.2) is 0 Å². The average Bonchev–Trinajstić information content (AvgIpc) is 2.42. The topological polar surface area (TPSA) is 41.6 Å². The van der Waals surface area contributed by atoms with E-state index in [0.717, 1.165) is 89.1 Å². The van der Waals surface area contributed by atoms with Crippen molar-refractivity contribution in [2.75, 3.05) is 9.80 Å². The van der Waals surface area contributed by atoms with Crippen LogP contribution in [0, 0.1) is 13.8 Å². The molecular weight excluding hydrogens is 1000 g/mol. The standard InChI is InChI=1S/C76H58N4O2/c1-43-31-35-55-53-27-17-29-61(75(3,4)5)71(53)81-73(55)67(43)77(45-19-11-9-12-20-45)47-33-37-63-57(39-47)49-23-15-25-51-59-42-66-60(41-65(59)79(63)69(49)51)52-26-16-24-50-58-40-48(34-38-64(58)80(66)70(50)52)78(46-21-13-10-14-22-46)68-44(2)32-36-56-54-28-18-30-62(76(6,7)8)72(54)82-74(56)68/h9-42H,1-8H3. The van der Waals surface area contributed by atoms with Crippen LogP contribution in [0.4, 0.5) is 34.1 Å². The number of para-hydroxylation sites is 6. The Morgan fingerprint density at radius 2 is 0.646 bits per heavy atom. The third kappa shape index (κ3) is 6.35. The van der Waals surface area contributed by atoms with Crippen LogP contribution in [-0.4, -0.2) is 8.80 Å². The minimum Gasteiger partial charge on any atom is -0.454 e. The number of rotatable bonds is 6. The highest BCUT2D eigenvalue weighted by atomic mass is 16.3. The molecule has 82 heavy (non-hydrogen) atoms. The van der Waals surface area contributed by atoms with Crippen LogP contribution in [0.25, 0.3) is 120 Å². The van der Waals surface area contributed by atoms with E-state index in [1.54, 1.807) is 0 Å². The van der Waals surface area contributed by atoms with Crippen molar-refractivity contribution in [2.24, 2.45) is 0 Å². The van der Waals surface area contributed by atoms with Crippen LogP contribution in [-0.2, 0) is 10.8 Å². The Kier molecular flexibility index (Phi) is 9.43. The van der Waals surface area contributed by atoms with Gasteiger partial charge in [0.1, 0.15) is 11.2 Å². The Bertz CT molecular complexity index is 5160. The molecule has 17 rings (SSSR count). The number of aromatic nitrogens is 2. The number of nitrogens with zero attached hydrogens (tertiary/aromatic N) is 4. The van der Waals surface area contributed by atoms with Gasteiger partial charge in [0.25, 0.3) is 0 Å². The lowest BCUT2D eigenvalue weighted by molar-refractivity contribution is 0.572. The summed E-state index contributed by atoms with van der Waals surface area (Å²) in [6, 6.07) is 76.4. The number of furan rings is 2. The van der Waals surface area contributed by atoms with E-state index in [0.29, 0.717) is 0 Å².